The third-order valence-corrected chi connectivity index (χ3v) is 5.51. The molecule has 4 aromatic rings. The van der Waals surface area contributed by atoms with Gasteiger partial charge in [-0.2, -0.15) is 0 Å². The second kappa shape index (κ2) is 6.90. The van der Waals surface area contributed by atoms with E-state index in [-0.39, 0.29) is 5.92 Å². The Balaban J connectivity index is 1.63. The Morgan fingerprint density at radius 3 is 2.04 bits per heavy atom. The fourth-order valence-corrected chi connectivity index (χ4v) is 4.18. The fourth-order valence-electron chi connectivity index (χ4n) is 4.18. The highest BCUT2D eigenvalue weighted by molar-refractivity contribution is 5.80. The van der Waals surface area contributed by atoms with Crippen LogP contribution in [0.25, 0.3) is 0 Å². The number of para-hydroxylation sites is 2. The molecular formula is C26H22N2. The third-order valence-electron chi connectivity index (χ3n) is 5.51. The van der Waals surface area contributed by atoms with E-state index in [4.69, 9.17) is 0 Å². The molecule has 136 valence electrons. The maximum Gasteiger partial charge on any atom is 0.0471 e. The highest BCUT2D eigenvalue weighted by Crippen LogP contribution is 2.48. The zero-order chi connectivity index (χ0) is 18.9. The largest absolute Gasteiger partial charge is 0.355 e. The average molecular weight is 362 g/mol. The van der Waals surface area contributed by atoms with Crippen LogP contribution >= 0.6 is 0 Å². The molecule has 0 unspecified atom stereocenters. The molecule has 0 fully saturated rings. The lowest BCUT2D eigenvalue weighted by molar-refractivity contribution is 0.927. The van der Waals surface area contributed by atoms with Crippen molar-refractivity contribution in [1.82, 2.24) is 0 Å². The van der Waals surface area contributed by atoms with E-state index in [2.05, 4.69) is 114 Å². The van der Waals surface area contributed by atoms with Crippen molar-refractivity contribution in [2.24, 2.45) is 0 Å². The van der Waals surface area contributed by atoms with Crippen molar-refractivity contribution in [2.75, 3.05) is 17.3 Å². The highest BCUT2D eigenvalue weighted by atomic mass is 15.1. The topological polar surface area (TPSA) is 15.3 Å². The molecule has 4 aromatic carbocycles. The van der Waals surface area contributed by atoms with Crippen LogP contribution in [0.2, 0.25) is 0 Å². The number of nitrogens with one attached hydrogen (secondary N) is 1. The molecule has 0 radical (unpaired) electrons. The van der Waals surface area contributed by atoms with Crippen LogP contribution in [0.5, 0.6) is 0 Å². The number of hydrogen-bond donors (Lipinski definition) is 1. The molecular weight excluding hydrogens is 340 g/mol. The molecule has 0 aromatic heterocycles. The molecule has 1 N–H and O–H groups in total. The first-order valence-electron chi connectivity index (χ1n) is 9.65. The summed E-state index contributed by atoms with van der Waals surface area (Å²) in [6.07, 6.45) is 0. The lowest BCUT2D eigenvalue weighted by atomic mass is 9.80. The zero-order valence-corrected chi connectivity index (χ0v) is 15.8. The van der Waals surface area contributed by atoms with Crippen LogP contribution in [-0.2, 0) is 0 Å². The monoisotopic (exact) mass is 362 g/mol. The summed E-state index contributed by atoms with van der Waals surface area (Å²) in [6.45, 7) is 0. The maximum atomic E-state index is 3.53. The minimum absolute atomic E-state index is 0.245. The Hall–Kier alpha value is -3.52. The molecule has 0 spiro atoms. The normalized spacial score (nSPS) is 14.9. The SMILES string of the molecule is CN1c2ccccc2[C@H](c2ccccc2)c2ccc(Nc3ccccc3)cc21. The van der Waals surface area contributed by atoms with Crippen LogP contribution in [0.4, 0.5) is 22.7 Å². The summed E-state index contributed by atoms with van der Waals surface area (Å²) in [4.78, 5) is 2.31. The summed E-state index contributed by atoms with van der Waals surface area (Å²) < 4.78 is 0. The van der Waals surface area contributed by atoms with Gasteiger partial charge in [0, 0.05) is 35.7 Å². The number of benzene rings is 4. The minimum atomic E-state index is 0.245. The quantitative estimate of drug-likeness (QED) is 0.437. The second-order valence-corrected chi connectivity index (χ2v) is 7.23. The Labute approximate surface area is 166 Å². The van der Waals surface area contributed by atoms with Crippen LogP contribution in [0.1, 0.15) is 22.6 Å². The molecule has 28 heavy (non-hydrogen) atoms. The van der Waals surface area contributed by atoms with Crippen LogP contribution in [0, 0.1) is 0 Å². The van der Waals surface area contributed by atoms with Crippen molar-refractivity contribution in [3.05, 3.63) is 120 Å². The van der Waals surface area contributed by atoms with Gasteiger partial charge in [-0.15, -0.1) is 0 Å². The van der Waals surface area contributed by atoms with Gasteiger partial charge in [0.25, 0.3) is 0 Å². The van der Waals surface area contributed by atoms with Crippen LogP contribution in [0.15, 0.2) is 103 Å². The summed E-state index contributed by atoms with van der Waals surface area (Å²) in [5.74, 6) is 0.245. The number of hydrogen-bond acceptors (Lipinski definition) is 2. The van der Waals surface area contributed by atoms with Gasteiger partial charge in [0.05, 0.1) is 0 Å². The van der Waals surface area contributed by atoms with E-state index < -0.39 is 0 Å². The van der Waals surface area contributed by atoms with Gasteiger partial charge < -0.3 is 10.2 Å². The highest BCUT2D eigenvalue weighted by Gasteiger charge is 2.29. The predicted molar refractivity (Wildman–Crippen MR) is 118 cm³/mol. The molecule has 1 heterocycles. The lowest BCUT2D eigenvalue weighted by Gasteiger charge is -2.36. The van der Waals surface area contributed by atoms with E-state index >= 15 is 0 Å². The van der Waals surface area contributed by atoms with Crippen LogP contribution in [-0.4, -0.2) is 7.05 Å². The Kier molecular flexibility index (Phi) is 4.10. The van der Waals surface area contributed by atoms with Gasteiger partial charge >= 0.3 is 0 Å². The molecule has 2 heteroatoms. The van der Waals surface area contributed by atoms with Crippen molar-refractivity contribution < 1.29 is 0 Å². The smallest absolute Gasteiger partial charge is 0.0471 e. The molecule has 1 aliphatic heterocycles. The molecule has 0 amide bonds. The van der Waals surface area contributed by atoms with E-state index in [1.165, 1.54) is 28.1 Å². The molecule has 5 rings (SSSR count). The van der Waals surface area contributed by atoms with Crippen molar-refractivity contribution in [3.8, 4) is 0 Å². The van der Waals surface area contributed by atoms with E-state index in [0.717, 1.165) is 11.4 Å². The van der Waals surface area contributed by atoms with Crippen LogP contribution in [0.3, 0.4) is 0 Å². The van der Waals surface area contributed by atoms with Crippen molar-refractivity contribution in [1.29, 1.82) is 0 Å². The van der Waals surface area contributed by atoms with E-state index in [9.17, 15) is 0 Å². The molecule has 0 bridgehead atoms. The predicted octanol–water partition coefficient (Wildman–Crippen LogP) is 6.69. The Morgan fingerprint density at radius 1 is 0.607 bits per heavy atom. The molecule has 1 atom stereocenters. The second-order valence-electron chi connectivity index (χ2n) is 7.23. The first kappa shape index (κ1) is 16.6. The fraction of sp³-hybridized carbons (Fsp3) is 0.0769. The molecule has 2 nitrogen and oxygen atoms in total. The molecule has 1 aliphatic rings. The van der Waals surface area contributed by atoms with Gasteiger partial charge in [-0.1, -0.05) is 72.8 Å². The number of rotatable bonds is 3. The Morgan fingerprint density at radius 2 is 1.25 bits per heavy atom. The maximum absolute atomic E-state index is 3.53. The molecule has 0 aliphatic carbocycles. The van der Waals surface area contributed by atoms with Crippen molar-refractivity contribution >= 4 is 22.7 Å². The number of nitrogens with zero attached hydrogens (tertiary/aromatic N) is 1. The number of fused-ring (bicyclic) bond motifs is 2. The number of anilines is 4. The van der Waals surface area contributed by atoms with Gasteiger partial charge in [0.2, 0.25) is 0 Å². The minimum Gasteiger partial charge on any atom is -0.355 e. The summed E-state index contributed by atoms with van der Waals surface area (Å²) in [5.41, 5.74) is 8.73. The standard InChI is InChI=1S/C26H22N2/c1-28-24-15-9-8-14-22(24)26(19-10-4-2-5-11-19)23-17-16-21(18-25(23)28)27-20-12-6-3-7-13-20/h2-18,26-27H,1H3/t26-/m0/s1. The van der Waals surface area contributed by atoms with Crippen LogP contribution < -0.4 is 10.2 Å². The van der Waals surface area contributed by atoms with Crippen molar-refractivity contribution in [2.45, 2.75) is 5.92 Å². The van der Waals surface area contributed by atoms with Gasteiger partial charge in [0.1, 0.15) is 0 Å². The molecule has 0 saturated carbocycles. The average Bonchev–Trinajstić information content (AvgIpc) is 2.76. The first-order valence-corrected chi connectivity index (χ1v) is 9.65. The summed E-state index contributed by atoms with van der Waals surface area (Å²) in [7, 11) is 2.16. The first-order chi connectivity index (χ1) is 13.8. The zero-order valence-electron chi connectivity index (χ0n) is 15.8. The van der Waals surface area contributed by atoms with Gasteiger partial charge in [-0.25, -0.2) is 0 Å². The van der Waals surface area contributed by atoms with Gasteiger partial charge in [0.15, 0.2) is 0 Å². The third kappa shape index (κ3) is 2.84. The Bertz CT molecular complexity index is 1100. The summed E-state index contributed by atoms with van der Waals surface area (Å²) in [6, 6.07) is 36.5. The van der Waals surface area contributed by atoms with E-state index in [0.29, 0.717) is 0 Å². The van der Waals surface area contributed by atoms with Gasteiger partial charge in [-0.05, 0) is 47.0 Å². The van der Waals surface area contributed by atoms with Crippen molar-refractivity contribution in [3.63, 3.8) is 0 Å². The summed E-state index contributed by atoms with van der Waals surface area (Å²) >= 11 is 0. The lowest BCUT2D eigenvalue weighted by Crippen LogP contribution is -2.22. The van der Waals surface area contributed by atoms with E-state index in [1.54, 1.807) is 0 Å². The summed E-state index contributed by atoms with van der Waals surface area (Å²) in [5, 5.41) is 3.53. The molecule has 0 saturated heterocycles. The van der Waals surface area contributed by atoms with E-state index in [1.807, 2.05) is 6.07 Å². The van der Waals surface area contributed by atoms with Gasteiger partial charge in [-0.3, -0.25) is 0 Å².